The van der Waals surface area contributed by atoms with Crippen molar-refractivity contribution in [3.8, 4) is 17.4 Å². The quantitative estimate of drug-likeness (QED) is 0.905. The van der Waals surface area contributed by atoms with Gasteiger partial charge >= 0.3 is 12.2 Å². The van der Waals surface area contributed by atoms with Crippen LogP contribution in [-0.2, 0) is 6.18 Å². The number of anilines is 1. The number of aromatic nitrogens is 3. The number of methoxy groups -OCH3 is 1. The number of benzene rings is 1. The van der Waals surface area contributed by atoms with Crippen LogP contribution >= 0.6 is 0 Å². The number of nitrogens with zero attached hydrogens (tertiary/aromatic N) is 3. The van der Waals surface area contributed by atoms with Gasteiger partial charge in [-0.25, -0.2) is 0 Å². The van der Waals surface area contributed by atoms with Crippen molar-refractivity contribution in [2.75, 3.05) is 12.8 Å². The van der Waals surface area contributed by atoms with Crippen molar-refractivity contribution >= 4 is 5.95 Å². The topological polar surface area (TPSA) is 73.9 Å². The number of halogens is 3. The molecule has 1 aromatic carbocycles. The minimum absolute atomic E-state index is 0.00222. The Kier molecular flexibility index (Phi) is 3.24. The predicted molar refractivity (Wildman–Crippen MR) is 61.2 cm³/mol. The Morgan fingerprint density at radius 3 is 2.21 bits per heavy atom. The van der Waals surface area contributed by atoms with Gasteiger partial charge in [0.1, 0.15) is 0 Å². The summed E-state index contributed by atoms with van der Waals surface area (Å²) in [4.78, 5) is 11.4. The standard InChI is InChI=1S/C11H9F3N4O/c1-19-10-17-8(16-9(15)18-10)6-2-4-7(5-3-6)11(12,13)14/h2-5H,1H3,(H2,15,16,17,18). The predicted octanol–water partition coefficient (Wildman–Crippen LogP) is 2.15. The maximum atomic E-state index is 12.4. The lowest BCUT2D eigenvalue weighted by Gasteiger charge is -2.07. The van der Waals surface area contributed by atoms with Gasteiger partial charge < -0.3 is 10.5 Å². The minimum atomic E-state index is -4.38. The highest BCUT2D eigenvalue weighted by Gasteiger charge is 2.30. The molecule has 1 aromatic heterocycles. The fourth-order valence-corrected chi connectivity index (χ4v) is 1.40. The summed E-state index contributed by atoms with van der Waals surface area (Å²) in [6, 6.07) is 4.42. The molecule has 0 aliphatic carbocycles. The highest BCUT2D eigenvalue weighted by molar-refractivity contribution is 5.56. The fraction of sp³-hybridized carbons (Fsp3) is 0.182. The molecule has 8 heteroatoms. The molecule has 0 unspecified atom stereocenters. The van der Waals surface area contributed by atoms with E-state index in [4.69, 9.17) is 10.5 Å². The molecule has 2 aromatic rings. The number of alkyl halides is 3. The summed E-state index contributed by atoms with van der Waals surface area (Å²) in [5, 5.41) is 0. The third-order valence-corrected chi connectivity index (χ3v) is 2.29. The Balaban J connectivity index is 2.40. The van der Waals surface area contributed by atoms with Crippen molar-refractivity contribution in [2.45, 2.75) is 6.18 Å². The lowest BCUT2D eigenvalue weighted by Crippen LogP contribution is -2.05. The van der Waals surface area contributed by atoms with Gasteiger partial charge in [-0.1, -0.05) is 12.1 Å². The molecule has 0 bridgehead atoms. The summed E-state index contributed by atoms with van der Waals surface area (Å²) in [6.07, 6.45) is -4.38. The van der Waals surface area contributed by atoms with E-state index >= 15 is 0 Å². The van der Waals surface area contributed by atoms with Crippen LogP contribution in [0, 0.1) is 0 Å². The van der Waals surface area contributed by atoms with Crippen LogP contribution < -0.4 is 10.5 Å². The van der Waals surface area contributed by atoms with Gasteiger partial charge in [0, 0.05) is 5.56 Å². The molecule has 0 saturated heterocycles. The highest BCUT2D eigenvalue weighted by atomic mass is 19.4. The summed E-state index contributed by atoms with van der Waals surface area (Å²) in [5.74, 6) is 0.0832. The van der Waals surface area contributed by atoms with Gasteiger partial charge in [-0.3, -0.25) is 0 Å². The van der Waals surface area contributed by atoms with E-state index in [-0.39, 0.29) is 17.8 Å². The number of ether oxygens (including phenoxy) is 1. The van der Waals surface area contributed by atoms with Crippen molar-refractivity contribution in [1.29, 1.82) is 0 Å². The van der Waals surface area contributed by atoms with Crippen molar-refractivity contribution in [3.05, 3.63) is 29.8 Å². The van der Waals surface area contributed by atoms with Crippen LogP contribution in [0.15, 0.2) is 24.3 Å². The molecular formula is C11H9F3N4O. The summed E-state index contributed by atoms with van der Waals surface area (Å²) in [5.41, 5.74) is 5.09. The SMILES string of the molecule is COc1nc(N)nc(-c2ccc(C(F)(F)F)cc2)n1. The molecule has 0 saturated carbocycles. The first-order valence-electron chi connectivity index (χ1n) is 5.13. The zero-order valence-corrected chi connectivity index (χ0v) is 9.77. The number of rotatable bonds is 2. The van der Waals surface area contributed by atoms with E-state index in [0.29, 0.717) is 5.56 Å². The molecule has 0 radical (unpaired) electrons. The van der Waals surface area contributed by atoms with Crippen molar-refractivity contribution in [1.82, 2.24) is 15.0 Å². The number of hydrogen-bond donors (Lipinski definition) is 1. The van der Waals surface area contributed by atoms with Gasteiger partial charge in [0.15, 0.2) is 5.82 Å². The largest absolute Gasteiger partial charge is 0.467 e. The van der Waals surface area contributed by atoms with E-state index in [0.717, 1.165) is 12.1 Å². The van der Waals surface area contributed by atoms with E-state index in [9.17, 15) is 13.2 Å². The molecule has 19 heavy (non-hydrogen) atoms. The van der Waals surface area contributed by atoms with Gasteiger partial charge in [0.2, 0.25) is 5.95 Å². The van der Waals surface area contributed by atoms with Gasteiger partial charge in [0.05, 0.1) is 12.7 Å². The van der Waals surface area contributed by atoms with Gasteiger partial charge in [-0.2, -0.15) is 28.1 Å². The van der Waals surface area contributed by atoms with Crippen molar-refractivity contribution < 1.29 is 17.9 Å². The van der Waals surface area contributed by atoms with Crippen LogP contribution in [-0.4, -0.2) is 22.1 Å². The van der Waals surface area contributed by atoms with E-state index in [1.54, 1.807) is 0 Å². The maximum absolute atomic E-state index is 12.4. The second kappa shape index (κ2) is 4.71. The first-order valence-corrected chi connectivity index (χ1v) is 5.13. The molecule has 2 N–H and O–H groups in total. The molecular weight excluding hydrogens is 261 g/mol. The Hall–Kier alpha value is -2.38. The van der Waals surface area contributed by atoms with Crippen molar-refractivity contribution in [3.63, 3.8) is 0 Å². The zero-order valence-electron chi connectivity index (χ0n) is 9.77. The zero-order chi connectivity index (χ0) is 14.0. The molecule has 1 heterocycles. The van der Waals surface area contributed by atoms with Gasteiger partial charge in [0.25, 0.3) is 0 Å². The monoisotopic (exact) mass is 270 g/mol. The van der Waals surface area contributed by atoms with E-state index < -0.39 is 11.7 Å². The third-order valence-electron chi connectivity index (χ3n) is 2.29. The Morgan fingerprint density at radius 1 is 1.05 bits per heavy atom. The normalized spacial score (nSPS) is 11.4. The molecule has 0 amide bonds. The third kappa shape index (κ3) is 2.90. The van der Waals surface area contributed by atoms with Crippen LogP contribution in [0.2, 0.25) is 0 Å². The highest BCUT2D eigenvalue weighted by Crippen LogP contribution is 2.30. The van der Waals surface area contributed by atoms with E-state index in [1.807, 2.05) is 0 Å². The molecule has 0 aliphatic heterocycles. The van der Waals surface area contributed by atoms with E-state index in [1.165, 1.54) is 19.2 Å². The first kappa shape index (κ1) is 13.1. The summed E-state index contributed by atoms with van der Waals surface area (Å²) < 4.78 is 42.1. The smallest absolute Gasteiger partial charge is 0.416 e. The van der Waals surface area contributed by atoms with Gasteiger partial charge in [-0.15, -0.1) is 0 Å². The van der Waals surface area contributed by atoms with Gasteiger partial charge in [-0.05, 0) is 12.1 Å². The number of hydrogen-bond acceptors (Lipinski definition) is 5. The summed E-state index contributed by atoms with van der Waals surface area (Å²) >= 11 is 0. The fourth-order valence-electron chi connectivity index (χ4n) is 1.40. The Bertz CT molecular complexity index is 583. The summed E-state index contributed by atoms with van der Waals surface area (Å²) in [6.45, 7) is 0. The molecule has 0 spiro atoms. The lowest BCUT2D eigenvalue weighted by molar-refractivity contribution is -0.137. The number of nitrogen functional groups attached to an aromatic ring is 1. The molecule has 0 atom stereocenters. The molecule has 0 fully saturated rings. The van der Waals surface area contributed by atoms with Crippen LogP contribution in [0.4, 0.5) is 19.1 Å². The minimum Gasteiger partial charge on any atom is -0.467 e. The lowest BCUT2D eigenvalue weighted by atomic mass is 10.1. The molecule has 0 aliphatic rings. The van der Waals surface area contributed by atoms with Crippen LogP contribution in [0.1, 0.15) is 5.56 Å². The maximum Gasteiger partial charge on any atom is 0.416 e. The average molecular weight is 270 g/mol. The van der Waals surface area contributed by atoms with Crippen LogP contribution in [0.25, 0.3) is 11.4 Å². The van der Waals surface area contributed by atoms with Crippen LogP contribution in [0.5, 0.6) is 6.01 Å². The second-order valence-corrected chi connectivity index (χ2v) is 3.58. The summed E-state index contributed by atoms with van der Waals surface area (Å²) in [7, 11) is 1.35. The average Bonchev–Trinajstić information content (AvgIpc) is 2.37. The Morgan fingerprint density at radius 2 is 1.68 bits per heavy atom. The molecule has 5 nitrogen and oxygen atoms in total. The Labute approximate surface area is 106 Å². The van der Waals surface area contributed by atoms with Crippen LogP contribution in [0.3, 0.4) is 0 Å². The first-order chi connectivity index (χ1) is 8.90. The number of nitrogens with two attached hydrogens (primary N) is 1. The molecule has 100 valence electrons. The second-order valence-electron chi connectivity index (χ2n) is 3.58. The van der Waals surface area contributed by atoms with E-state index in [2.05, 4.69) is 15.0 Å². The van der Waals surface area contributed by atoms with Crippen molar-refractivity contribution in [2.24, 2.45) is 0 Å². The molecule has 2 rings (SSSR count).